The molecule has 1 aromatic carbocycles. The summed E-state index contributed by atoms with van der Waals surface area (Å²) in [6.45, 7) is 2.91. The predicted octanol–water partition coefficient (Wildman–Crippen LogP) is 4.18. The van der Waals surface area contributed by atoms with Crippen LogP contribution in [-0.2, 0) is 4.79 Å². The first-order valence-electron chi connectivity index (χ1n) is 8.22. The normalized spacial score (nSPS) is 14.4. The van der Waals surface area contributed by atoms with Crippen LogP contribution in [0.3, 0.4) is 0 Å². The Hall–Kier alpha value is -2.88. The van der Waals surface area contributed by atoms with E-state index in [9.17, 15) is 4.79 Å². The Kier molecular flexibility index (Phi) is 3.65. The van der Waals surface area contributed by atoms with Crippen molar-refractivity contribution in [3.63, 3.8) is 0 Å². The molecule has 0 unspecified atom stereocenters. The maximum absolute atomic E-state index is 11.9. The fourth-order valence-electron chi connectivity index (χ4n) is 3.31. The van der Waals surface area contributed by atoms with Gasteiger partial charge < -0.3 is 9.88 Å². The molecule has 1 aliphatic rings. The van der Waals surface area contributed by atoms with Crippen molar-refractivity contribution >= 4 is 11.6 Å². The van der Waals surface area contributed by atoms with Crippen LogP contribution in [0.1, 0.15) is 18.4 Å². The minimum absolute atomic E-state index is 0.221. The third-order valence-electron chi connectivity index (χ3n) is 4.58. The zero-order valence-corrected chi connectivity index (χ0v) is 13.6. The number of rotatable bonds is 3. The standard InChI is InChI=1S/C20H19N3O/c1-14-9-18(23-8-2-3-20(23)24)4-5-19(14)17-10-16(12-22-13-17)15-6-7-21-11-15/h4-7,9-13,21H,2-3,8H2,1H3. The molecule has 0 atom stereocenters. The second kappa shape index (κ2) is 5.96. The molecule has 4 heteroatoms. The van der Waals surface area contributed by atoms with E-state index in [1.807, 2.05) is 41.8 Å². The van der Waals surface area contributed by atoms with Crippen molar-refractivity contribution in [2.45, 2.75) is 19.8 Å². The van der Waals surface area contributed by atoms with E-state index in [1.54, 1.807) is 0 Å². The number of aromatic nitrogens is 2. The fourth-order valence-corrected chi connectivity index (χ4v) is 3.31. The third-order valence-corrected chi connectivity index (χ3v) is 4.58. The highest BCUT2D eigenvalue weighted by Crippen LogP contribution is 2.31. The predicted molar refractivity (Wildman–Crippen MR) is 95.8 cm³/mol. The van der Waals surface area contributed by atoms with Crippen molar-refractivity contribution in [2.75, 3.05) is 11.4 Å². The van der Waals surface area contributed by atoms with E-state index < -0.39 is 0 Å². The first-order chi connectivity index (χ1) is 11.7. The number of pyridine rings is 1. The summed E-state index contributed by atoms with van der Waals surface area (Å²) in [4.78, 5) is 21.3. The molecule has 0 bridgehead atoms. The van der Waals surface area contributed by atoms with Crippen LogP contribution in [0.25, 0.3) is 22.3 Å². The highest BCUT2D eigenvalue weighted by atomic mass is 16.2. The highest BCUT2D eigenvalue weighted by Gasteiger charge is 2.22. The molecule has 1 saturated heterocycles. The van der Waals surface area contributed by atoms with Gasteiger partial charge in [0.1, 0.15) is 0 Å². The molecule has 1 aliphatic heterocycles. The van der Waals surface area contributed by atoms with Crippen LogP contribution >= 0.6 is 0 Å². The van der Waals surface area contributed by atoms with Crippen molar-refractivity contribution < 1.29 is 4.79 Å². The molecule has 1 amide bonds. The monoisotopic (exact) mass is 317 g/mol. The lowest BCUT2D eigenvalue weighted by Gasteiger charge is -2.17. The van der Waals surface area contributed by atoms with E-state index in [1.165, 1.54) is 0 Å². The number of hydrogen-bond acceptors (Lipinski definition) is 2. The maximum Gasteiger partial charge on any atom is 0.227 e. The number of H-pyrrole nitrogens is 1. The Bertz CT molecular complexity index is 884. The van der Waals surface area contributed by atoms with Crippen LogP contribution in [0.4, 0.5) is 5.69 Å². The van der Waals surface area contributed by atoms with Crippen LogP contribution in [0.5, 0.6) is 0 Å². The first-order valence-corrected chi connectivity index (χ1v) is 8.22. The van der Waals surface area contributed by atoms with Gasteiger partial charge in [-0.2, -0.15) is 0 Å². The number of carbonyl (C=O) groups is 1. The summed E-state index contributed by atoms with van der Waals surface area (Å²) < 4.78 is 0. The average molecular weight is 317 g/mol. The molecule has 3 heterocycles. The van der Waals surface area contributed by atoms with Gasteiger partial charge in [-0.3, -0.25) is 9.78 Å². The number of aryl methyl sites for hydroxylation is 1. The summed E-state index contributed by atoms with van der Waals surface area (Å²) in [7, 11) is 0. The molecular weight excluding hydrogens is 298 g/mol. The molecule has 0 radical (unpaired) electrons. The lowest BCUT2D eigenvalue weighted by Crippen LogP contribution is -2.23. The van der Waals surface area contributed by atoms with Crippen LogP contribution in [0.15, 0.2) is 55.1 Å². The van der Waals surface area contributed by atoms with Crippen molar-refractivity contribution in [1.29, 1.82) is 0 Å². The van der Waals surface area contributed by atoms with Gasteiger partial charge in [-0.05, 0) is 48.7 Å². The Labute approximate surface area is 141 Å². The number of benzene rings is 1. The zero-order valence-electron chi connectivity index (χ0n) is 13.6. The fraction of sp³-hybridized carbons (Fsp3) is 0.200. The van der Waals surface area contributed by atoms with Crippen LogP contribution in [0, 0.1) is 6.92 Å². The number of aromatic amines is 1. The van der Waals surface area contributed by atoms with Gasteiger partial charge in [-0.1, -0.05) is 6.07 Å². The van der Waals surface area contributed by atoms with E-state index in [-0.39, 0.29) is 5.91 Å². The van der Waals surface area contributed by atoms with Gasteiger partial charge in [0.25, 0.3) is 0 Å². The molecule has 0 spiro atoms. The van der Waals surface area contributed by atoms with E-state index >= 15 is 0 Å². The minimum Gasteiger partial charge on any atom is -0.367 e. The largest absolute Gasteiger partial charge is 0.367 e. The summed E-state index contributed by atoms with van der Waals surface area (Å²) in [5.41, 5.74) is 6.60. The Morgan fingerprint density at radius 1 is 1.08 bits per heavy atom. The number of nitrogens with one attached hydrogen (secondary N) is 1. The van der Waals surface area contributed by atoms with Gasteiger partial charge in [0.05, 0.1) is 0 Å². The molecule has 3 aromatic rings. The molecule has 4 nitrogen and oxygen atoms in total. The summed E-state index contributed by atoms with van der Waals surface area (Å²) in [6.07, 6.45) is 9.25. The maximum atomic E-state index is 11.9. The summed E-state index contributed by atoms with van der Waals surface area (Å²) in [6, 6.07) is 10.4. The number of amides is 1. The van der Waals surface area contributed by atoms with Gasteiger partial charge in [0, 0.05) is 60.1 Å². The number of hydrogen-bond donors (Lipinski definition) is 1. The zero-order chi connectivity index (χ0) is 16.5. The quantitative estimate of drug-likeness (QED) is 0.788. The highest BCUT2D eigenvalue weighted by molar-refractivity contribution is 5.95. The second-order valence-corrected chi connectivity index (χ2v) is 6.21. The lowest BCUT2D eigenvalue weighted by atomic mass is 9.99. The van der Waals surface area contributed by atoms with Crippen molar-refractivity contribution in [3.8, 4) is 22.3 Å². The lowest BCUT2D eigenvalue weighted by molar-refractivity contribution is -0.117. The first kappa shape index (κ1) is 14.7. The van der Waals surface area contributed by atoms with Crippen molar-refractivity contribution in [1.82, 2.24) is 9.97 Å². The van der Waals surface area contributed by atoms with Crippen molar-refractivity contribution in [3.05, 3.63) is 60.7 Å². The van der Waals surface area contributed by atoms with E-state index in [2.05, 4.69) is 35.1 Å². The molecule has 4 rings (SSSR count). The second-order valence-electron chi connectivity index (χ2n) is 6.21. The smallest absolute Gasteiger partial charge is 0.227 e. The van der Waals surface area contributed by atoms with Crippen LogP contribution in [0.2, 0.25) is 0 Å². The molecule has 120 valence electrons. The Morgan fingerprint density at radius 3 is 2.67 bits per heavy atom. The van der Waals surface area contributed by atoms with Gasteiger partial charge >= 0.3 is 0 Å². The summed E-state index contributed by atoms with van der Waals surface area (Å²) in [5.74, 6) is 0.221. The molecule has 1 N–H and O–H groups in total. The number of nitrogens with zero attached hydrogens (tertiary/aromatic N) is 2. The van der Waals surface area contributed by atoms with Gasteiger partial charge in [-0.15, -0.1) is 0 Å². The minimum atomic E-state index is 0.221. The molecule has 2 aromatic heterocycles. The Morgan fingerprint density at radius 2 is 1.96 bits per heavy atom. The molecule has 0 aliphatic carbocycles. The van der Waals surface area contributed by atoms with E-state index in [0.717, 1.165) is 46.5 Å². The number of carbonyl (C=O) groups excluding carboxylic acids is 1. The summed E-state index contributed by atoms with van der Waals surface area (Å²) in [5, 5.41) is 0. The molecule has 0 saturated carbocycles. The average Bonchev–Trinajstić information content (AvgIpc) is 3.26. The third kappa shape index (κ3) is 2.60. The van der Waals surface area contributed by atoms with Gasteiger partial charge in [0.15, 0.2) is 0 Å². The molecular formula is C20H19N3O. The Balaban J connectivity index is 1.70. The molecule has 24 heavy (non-hydrogen) atoms. The van der Waals surface area contributed by atoms with E-state index in [0.29, 0.717) is 6.42 Å². The van der Waals surface area contributed by atoms with Crippen molar-refractivity contribution in [2.24, 2.45) is 0 Å². The van der Waals surface area contributed by atoms with E-state index in [4.69, 9.17) is 0 Å². The molecule has 1 fully saturated rings. The summed E-state index contributed by atoms with van der Waals surface area (Å²) >= 11 is 0. The van der Waals surface area contributed by atoms with Gasteiger partial charge in [0.2, 0.25) is 5.91 Å². The van der Waals surface area contributed by atoms with Gasteiger partial charge in [-0.25, -0.2) is 0 Å². The van der Waals surface area contributed by atoms with Crippen LogP contribution < -0.4 is 4.90 Å². The SMILES string of the molecule is Cc1cc(N2CCCC2=O)ccc1-c1cncc(-c2cc[nH]c2)c1. The topological polar surface area (TPSA) is 49.0 Å². The number of anilines is 1. The van der Waals surface area contributed by atoms with Crippen LogP contribution in [-0.4, -0.2) is 22.4 Å².